The number of aromatic nitrogens is 1. The molecule has 3 rings (SSSR count). The lowest BCUT2D eigenvalue weighted by Gasteiger charge is -2.23. The van der Waals surface area contributed by atoms with E-state index in [4.69, 9.17) is 0 Å². The first-order chi connectivity index (χ1) is 10.6. The molecule has 0 fully saturated rings. The van der Waals surface area contributed by atoms with Crippen LogP contribution in [0.2, 0.25) is 0 Å². The first kappa shape index (κ1) is 14.3. The van der Waals surface area contributed by atoms with Crippen molar-refractivity contribution in [1.29, 1.82) is 0 Å². The topological polar surface area (TPSA) is 76.2 Å². The van der Waals surface area contributed by atoms with E-state index in [2.05, 4.69) is 9.72 Å². The molecule has 0 bridgehead atoms. The highest BCUT2D eigenvalue weighted by molar-refractivity contribution is 6.01. The number of esters is 1. The SMILES string of the molecule is COC(=O)c1cc2c([nH]c1=O)C[C@@H](c1ccccc1)CC2=O. The summed E-state index contributed by atoms with van der Waals surface area (Å²) in [5.41, 5.74) is 1.41. The molecular formula is C17H15NO4. The number of hydrogen-bond acceptors (Lipinski definition) is 4. The van der Waals surface area contributed by atoms with Crippen LogP contribution in [0.3, 0.4) is 0 Å². The van der Waals surface area contributed by atoms with E-state index in [1.54, 1.807) is 0 Å². The van der Waals surface area contributed by atoms with E-state index in [0.717, 1.165) is 5.56 Å². The Morgan fingerprint density at radius 2 is 1.91 bits per heavy atom. The van der Waals surface area contributed by atoms with Gasteiger partial charge in [-0.1, -0.05) is 30.3 Å². The van der Waals surface area contributed by atoms with Crippen molar-refractivity contribution in [1.82, 2.24) is 4.98 Å². The Morgan fingerprint density at radius 1 is 1.18 bits per heavy atom. The van der Waals surface area contributed by atoms with E-state index in [1.807, 2.05) is 30.3 Å². The zero-order chi connectivity index (χ0) is 15.7. The van der Waals surface area contributed by atoms with E-state index >= 15 is 0 Å². The van der Waals surface area contributed by atoms with Crippen LogP contribution in [0.15, 0.2) is 41.2 Å². The summed E-state index contributed by atoms with van der Waals surface area (Å²) >= 11 is 0. The highest BCUT2D eigenvalue weighted by atomic mass is 16.5. The minimum Gasteiger partial charge on any atom is -0.465 e. The number of rotatable bonds is 2. The monoisotopic (exact) mass is 297 g/mol. The number of aromatic amines is 1. The molecule has 0 aliphatic heterocycles. The molecule has 0 radical (unpaired) electrons. The van der Waals surface area contributed by atoms with Crippen molar-refractivity contribution in [2.24, 2.45) is 0 Å². The van der Waals surface area contributed by atoms with Gasteiger partial charge in [0.15, 0.2) is 5.78 Å². The van der Waals surface area contributed by atoms with Gasteiger partial charge in [-0.3, -0.25) is 9.59 Å². The second-order valence-corrected chi connectivity index (χ2v) is 5.33. The molecule has 1 aliphatic rings. The van der Waals surface area contributed by atoms with Gasteiger partial charge >= 0.3 is 5.97 Å². The van der Waals surface area contributed by atoms with Gasteiger partial charge in [-0.25, -0.2) is 4.79 Å². The number of Topliss-reactive ketones (excluding diaryl/α,β-unsaturated/α-hetero) is 1. The van der Waals surface area contributed by atoms with Gasteiger partial charge < -0.3 is 9.72 Å². The van der Waals surface area contributed by atoms with Gasteiger partial charge in [-0.15, -0.1) is 0 Å². The minimum atomic E-state index is -0.734. The molecule has 0 saturated heterocycles. The number of benzene rings is 1. The van der Waals surface area contributed by atoms with Crippen LogP contribution < -0.4 is 5.56 Å². The summed E-state index contributed by atoms with van der Waals surface area (Å²) in [6, 6.07) is 11.1. The number of fused-ring (bicyclic) bond motifs is 1. The lowest BCUT2D eigenvalue weighted by atomic mass is 9.81. The maximum Gasteiger partial charge on any atom is 0.343 e. The molecule has 0 spiro atoms. The molecule has 1 aromatic carbocycles. The standard InChI is InChI=1S/C17H15NO4/c1-22-17(21)13-9-12-14(18-16(13)20)7-11(8-15(12)19)10-5-3-2-4-6-10/h2-6,9,11H,7-8H2,1H3,(H,18,20)/t11-/m1/s1. The average Bonchev–Trinajstić information content (AvgIpc) is 2.54. The zero-order valence-corrected chi connectivity index (χ0v) is 12.1. The second-order valence-electron chi connectivity index (χ2n) is 5.33. The highest BCUT2D eigenvalue weighted by Crippen LogP contribution is 2.31. The fourth-order valence-electron chi connectivity index (χ4n) is 2.85. The molecule has 1 heterocycles. The van der Waals surface area contributed by atoms with Crippen LogP contribution in [0.1, 0.15) is 44.3 Å². The number of methoxy groups -OCH3 is 1. The number of carbonyl (C=O) groups is 2. The maximum atomic E-state index is 12.4. The largest absolute Gasteiger partial charge is 0.465 e. The van der Waals surface area contributed by atoms with Crippen LogP contribution in [0.4, 0.5) is 0 Å². The maximum absolute atomic E-state index is 12.4. The Hall–Kier alpha value is -2.69. The number of hydrogen-bond donors (Lipinski definition) is 1. The van der Waals surface area contributed by atoms with Crippen molar-refractivity contribution >= 4 is 11.8 Å². The van der Waals surface area contributed by atoms with Crippen LogP contribution in [-0.2, 0) is 11.2 Å². The van der Waals surface area contributed by atoms with Crippen LogP contribution in [0, 0.1) is 0 Å². The summed E-state index contributed by atoms with van der Waals surface area (Å²) in [7, 11) is 1.20. The molecule has 0 amide bonds. The van der Waals surface area contributed by atoms with E-state index < -0.39 is 11.5 Å². The lowest BCUT2D eigenvalue weighted by molar-refractivity contribution is 0.0598. The van der Waals surface area contributed by atoms with Gasteiger partial charge in [0, 0.05) is 17.7 Å². The van der Waals surface area contributed by atoms with Crippen molar-refractivity contribution in [3.05, 3.63) is 69.1 Å². The summed E-state index contributed by atoms with van der Waals surface area (Å²) < 4.78 is 4.56. The first-order valence-electron chi connectivity index (χ1n) is 7.03. The van der Waals surface area contributed by atoms with Crippen LogP contribution in [-0.4, -0.2) is 23.8 Å². The summed E-state index contributed by atoms with van der Waals surface area (Å²) in [5, 5.41) is 0. The van der Waals surface area contributed by atoms with Crippen LogP contribution >= 0.6 is 0 Å². The van der Waals surface area contributed by atoms with Crippen molar-refractivity contribution in [2.45, 2.75) is 18.8 Å². The van der Waals surface area contributed by atoms with Crippen molar-refractivity contribution in [3.8, 4) is 0 Å². The Bertz CT molecular complexity index is 792. The smallest absolute Gasteiger partial charge is 0.343 e. The number of nitrogens with one attached hydrogen (secondary N) is 1. The molecule has 0 saturated carbocycles. The molecule has 5 heteroatoms. The molecular weight excluding hydrogens is 282 g/mol. The summed E-state index contributed by atoms with van der Waals surface area (Å²) in [5.74, 6) is -0.764. The Labute approximate surface area is 126 Å². The van der Waals surface area contributed by atoms with Gasteiger partial charge in [0.2, 0.25) is 0 Å². The minimum absolute atomic E-state index is 0.0424. The molecule has 5 nitrogen and oxygen atoms in total. The predicted octanol–water partition coefficient (Wildman–Crippen LogP) is 2.07. The summed E-state index contributed by atoms with van der Waals surface area (Å²) in [4.78, 5) is 38.6. The molecule has 22 heavy (non-hydrogen) atoms. The van der Waals surface area contributed by atoms with Crippen LogP contribution in [0.25, 0.3) is 0 Å². The van der Waals surface area contributed by atoms with Gasteiger partial charge in [0.05, 0.1) is 7.11 Å². The zero-order valence-electron chi connectivity index (χ0n) is 12.1. The summed E-state index contributed by atoms with van der Waals surface area (Å²) in [6.45, 7) is 0. The van der Waals surface area contributed by atoms with Crippen molar-refractivity contribution in [3.63, 3.8) is 0 Å². The fourth-order valence-corrected chi connectivity index (χ4v) is 2.85. The van der Waals surface area contributed by atoms with E-state index in [1.165, 1.54) is 13.2 Å². The fraction of sp³-hybridized carbons (Fsp3) is 0.235. The van der Waals surface area contributed by atoms with E-state index in [9.17, 15) is 14.4 Å². The molecule has 1 atom stereocenters. The number of ether oxygens (including phenoxy) is 1. The normalized spacial score (nSPS) is 17.0. The third kappa shape index (κ3) is 2.45. The molecule has 0 unspecified atom stereocenters. The predicted molar refractivity (Wildman–Crippen MR) is 80.2 cm³/mol. The van der Waals surface area contributed by atoms with Crippen molar-refractivity contribution in [2.75, 3.05) is 7.11 Å². The second kappa shape index (κ2) is 5.60. The highest BCUT2D eigenvalue weighted by Gasteiger charge is 2.28. The Morgan fingerprint density at radius 3 is 2.59 bits per heavy atom. The molecule has 1 aliphatic carbocycles. The molecule has 1 aromatic heterocycles. The van der Waals surface area contributed by atoms with Gasteiger partial charge in [0.25, 0.3) is 5.56 Å². The van der Waals surface area contributed by atoms with Crippen LogP contribution in [0.5, 0.6) is 0 Å². The van der Waals surface area contributed by atoms with E-state index in [0.29, 0.717) is 24.1 Å². The third-order valence-electron chi connectivity index (χ3n) is 3.98. The quantitative estimate of drug-likeness (QED) is 0.861. The summed E-state index contributed by atoms with van der Waals surface area (Å²) in [6.07, 6.45) is 0.936. The molecule has 112 valence electrons. The molecule has 2 aromatic rings. The number of pyridine rings is 1. The van der Waals surface area contributed by atoms with Gasteiger partial charge in [-0.05, 0) is 24.0 Å². The Kier molecular flexibility index (Phi) is 3.63. The average molecular weight is 297 g/mol. The number of H-pyrrole nitrogens is 1. The Balaban J connectivity index is 2.01. The lowest BCUT2D eigenvalue weighted by Crippen LogP contribution is -2.27. The first-order valence-corrected chi connectivity index (χ1v) is 7.03. The van der Waals surface area contributed by atoms with Crippen molar-refractivity contribution < 1.29 is 14.3 Å². The van der Waals surface area contributed by atoms with Gasteiger partial charge in [-0.2, -0.15) is 0 Å². The molecule has 1 N–H and O–H groups in total. The number of carbonyl (C=O) groups excluding carboxylic acids is 2. The van der Waals surface area contributed by atoms with E-state index in [-0.39, 0.29) is 17.3 Å². The van der Waals surface area contributed by atoms with Gasteiger partial charge in [0.1, 0.15) is 5.56 Å². The number of ketones is 1. The third-order valence-corrected chi connectivity index (χ3v) is 3.98.